The molecule has 0 spiro atoms. The number of anilines is 2. The highest BCUT2D eigenvalue weighted by molar-refractivity contribution is 6.11. The molecule has 164 valence electrons. The van der Waals surface area contributed by atoms with Gasteiger partial charge < -0.3 is 16.0 Å². The predicted octanol–water partition coefficient (Wildman–Crippen LogP) is 5.15. The van der Waals surface area contributed by atoms with E-state index in [-0.39, 0.29) is 16.7 Å². The fourth-order valence-electron chi connectivity index (χ4n) is 3.38. The van der Waals surface area contributed by atoms with Crippen LogP contribution in [-0.2, 0) is 0 Å². The first-order valence-electron chi connectivity index (χ1n) is 10.6. The molecule has 0 saturated heterocycles. The summed E-state index contributed by atoms with van der Waals surface area (Å²) in [6.07, 6.45) is 7.54. The van der Waals surface area contributed by atoms with Crippen LogP contribution in [0.15, 0.2) is 103 Å². The Hall–Kier alpha value is -4.45. The lowest BCUT2D eigenvalue weighted by Gasteiger charge is -2.13. The van der Waals surface area contributed by atoms with Gasteiger partial charge in [-0.1, -0.05) is 48.6 Å². The summed E-state index contributed by atoms with van der Waals surface area (Å²) in [7, 11) is 0. The zero-order valence-corrected chi connectivity index (χ0v) is 17.9. The van der Waals surface area contributed by atoms with Gasteiger partial charge in [0.25, 0.3) is 17.7 Å². The van der Waals surface area contributed by atoms with Crippen LogP contribution in [0.2, 0.25) is 0 Å². The summed E-state index contributed by atoms with van der Waals surface area (Å²) < 4.78 is 0. The molecule has 0 radical (unpaired) electrons. The van der Waals surface area contributed by atoms with Gasteiger partial charge in [-0.3, -0.25) is 14.4 Å². The van der Waals surface area contributed by atoms with E-state index < -0.39 is 17.7 Å². The second-order valence-electron chi connectivity index (χ2n) is 7.53. The van der Waals surface area contributed by atoms with Crippen molar-refractivity contribution in [3.63, 3.8) is 0 Å². The molecular weight excluding hydrogens is 414 g/mol. The van der Waals surface area contributed by atoms with E-state index in [4.69, 9.17) is 0 Å². The first-order valence-corrected chi connectivity index (χ1v) is 10.6. The quantitative estimate of drug-likeness (QED) is 0.498. The Balaban J connectivity index is 1.63. The lowest BCUT2D eigenvalue weighted by Crippen LogP contribution is -2.24. The van der Waals surface area contributed by atoms with Gasteiger partial charge in [0.05, 0.1) is 0 Å². The molecule has 0 bridgehead atoms. The van der Waals surface area contributed by atoms with Crippen molar-refractivity contribution in [3.8, 4) is 0 Å². The molecule has 0 unspecified atom stereocenters. The summed E-state index contributed by atoms with van der Waals surface area (Å²) in [6, 6.07) is 22.4. The Morgan fingerprint density at radius 3 is 1.45 bits per heavy atom. The lowest BCUT2D eigenvalue weighted by molar-refractivity contribution is 0.0967. The maximum atomic E-state index is 12.9. The second kappa shape index (κ2) is 10.2. The van der Waals surface area contributed by atoms with Gasteiger partial charge in [-0.15, -0.1) is 0 Å². The monoisotopic (exact) mass is 437 g/mol. The molecule has 6 heteroatoms. The highest BCUT2D eigenvalue weighted by Gasteiger charge is 2.17. The Morgan fingerprint density at radius 1 is 0.576 bits per heavy atom. The maximum Gasteiger partial charge on any atom is 0.255 e. The molecular formula is C27H23N3O3. The second-order valence-corrected chi connectivity index (χ2v) is 7.53. The van der Waals surface area contributed by atoms with Crippen LogP contribution in [0.25, 0.3) is 0 Å². The smallest absolute Gasteiger partial charge is 0.255 e. The number of rotatable bonds is 6. The van der Waals surface area contributed by atoms with Gasteiger partial charge in [-0.2, -0.15) is 0 Å². The maximum absolute atomic E-state index is 12.9. The van der Waals surface area contributed by atoms with Gasteiger partial charge in [0.1, 0.15) is 0 Å². The molecule has 6 nitrogen and oxygen atoms in total. The molecule has 3 amide bonds. The largest absolute Gasteiger partial charge is 0.322 e. The van der Waals surface area contributed by atoms with Crippen molar-refractivity contribution in [2.24, 2.45) is 0 Å². The summed E-state index contributed by atoms with van der Waals surface area (Å²) >= 11 is 0. The number of allylic oxidation sites excluding steroid dienone is 3. The fourth-order valence-corrected chi connectivity index (χ4v) is 3.38. The standard InChI is InChI=1S/C27H23N3O3/c31-25(28-22-10-4-1-5-11-22)19-16-20(26(32)29-23-12-6-2-7-13-23)18-21(17-19)27(33)30-24-14-8-3-9-15-24/h1-2,4-8,10-18H,3,9H2,(H,28,31)(H,29,32)(H,30,33). The molecule has 1 aliphatic carbocycles. The van der Waals surface area contributed by atoms with Crippen LogP contribution in [0.5, 0.6) is 0 Å². The Morgan fingerprint density at radius 2 is 1.03 bits per heavy atom. The number of hydrogen-bond acceptors (Lipinski definition) is 3. The summed E-state index contributed by atoms with van der Waals surface area (Å²) in [5.74, 6) is -1.22. The summed E-state index contributed by atoms with van der Waals surface area (Å²) in [4.78, 5) is 38.8. The normalized spacial score (nSPS) is 12.4. The third-order valence-corrected chi connectivity index (χ3v) is 5.04. The molecule has 3 aromatic rings. The lowest BCUT2D eigenvalue weighted by atomic mass is 10.0. The molecule has 3 N–H and O–H groups in total. The average Bonchev–Trinajstić information content (AvgIpc) is 2.85. The Bertz CT molecular complexity index is 1160. The van der Waals surface area contributed by atoms with E-state index in [9.17, 15) is 14.4 Å². The fraction of sp³-hybridized carbons (Fsp3) is 0.0741. The van der Waals surface area contributed by atoms with Crippen molar-refractivity contribution in [1.29, 1.82) is 0 Å². The van der Waals surface area contributed by atoms with Crippen LogP contribution < -0.4 is 16.0 Å². The third kappa shape index (κ3) is 5.83. The van der Waals surface area contributed by atoms with E-state index in [1.54, 1.807) is 24.3 Å². The highest BCUT2D eigenvalue weighted by Crippen LogP contribution is 2.17. The van der Waals surface area contributed by atoms with Crippen molar-refractivity contribution in [1.82, 2.24) is 5.32 Å². The molecule has 33 heavy (non-hydrogen) atoms. The zero-order valence-electron chi connectivity index (χ0n) is 17.9. The van der Waals surface area contributed by atoms with E-state index >= 15 is 0 Å². The average molecular weight is 437 g/mol. The zero-order chi connectivity index (χ0) is 23.0. The van der Waals surface area contributed by atoms with E-state index in [0.717, 1.165) is 12.8 Å². The summed E-state index contributed by atoms with van der Waals surface area (Å²) in [5.41, 5.74) is 2.56. The van der Waals surface area contributed by atoms with E-state index in [2.05, 4.69) is 16.0 Å². The van der Waals surface area contributed by atoms with Crippen molar-refractivity contribution < 1.29 is 14.4 Å². The number of amides is 3. The van der Waals surface area contributed by atoms with Crippen molar-refractivity contribution in [2.45, 2.75) is 12.8 Å². The van der Waals surface area contributed by atoms with E-state index in [0.29, 0.717) is 17.1 Å². The Labute approximate surface area is 192 Å². The molecule has 0 atom stereocenters. The topological polar surface area (TPSA) is 87.3 Å². The minimum atomic E-state index is -0.415. The summed E-state index contributed by atoms with van der Waals surface area (Å²) in [5, 5.41) is 8.43. The first kappa shape index (κ1) is 21.8. The van der Waals surface area contributed by atoms with Crippen LogP contribution in [-0.4, -0.2) is 17.7 Å². The molecule has 1 aliphatic rings. The number of benzene rings is 3. The number of nitrogens with one attached hydrogen (secondary N) is 3. The minimum Gasteiger partial charge on any atom is -0.322 e. The molecule has 0 saturated carbocycles. The van der Waals surface area contributed by atoms with Crippen LogP contribution >= 0.6 is 0 Å². The number of carbonyl (C=O) groups excluding carboxylic acids is 3. The van der Waals surface area contributed by atoms with Crippen molar-refractivity contribution in [3.05, 3.63) is 119 Å². The molecule has 0 fully saturated rings. The Kier molecular flexibility index (Phi) is 6.75. The SMILES string of the molecule is O=C(NC1=CCCC=C1)c1cc(C(=O)Nc2ccccc2)cc(C(=O)Nc2ccccc2)c1. The van der Waals surface area contributed by atoms with Crippen LogP contribution in [0.3, 0.4) is 0 Å². The highest BCUT2D eigenvalue weighted by atomic mass is 16.2. The van der Waals surface area contributed by atoms with Gasteiger partial charge in [-0.05, 0) is 61.4 Å². The van der Waals surface area contributed by atoms with Gasteiger partial charge in [0, 0.05) is 33.8 Å². The predicted molar refractivity (Wildman–Crippen MR) is 129 cm³/mol. The van der Waals surface area contributed by atoms with E-state index in [1.807, 2.05) is 54.6 Å². The minimum absolute atomic E-state index is 0.206. The molecule has 0 aromatic heterocycles. The van der Waals surface area contributed by atoms with Crippen LogP contribution in [0, 0.1) is 0 Å². The number of hydrogen-bond donors (Lipinski definition) is 3. The number of para-hydroxylation sites is 2. The van der Waals surface area contributed by atoms with Crippen LogP contribution in [0.4, 0.5) is 11.4 Å². The van der Waals surface area contributed by atoms with Gasteiger partial charge >= 0.3 is 0 Å². The van der Waals surface area contributed by atoms with Gasteiger partial charge in [0.15, 0.2) is 0 Å². The van der Waals surface area contributed by atoms with Crippen LogP contribution in [0.1, 0.15) is 43.9 Å². The van der Waals surface area contributed by atoms with E-state index in [1.165, 1.54) is 18.2 Å². The molecule has 4 rings (SSSR count). The molecule has 3 aromatic carbocycles. The van der Waals surface area contributed by atoms with Gasteiger partial charge in [0.2, 0.25) is 0 Å². The van der Waals surface area contributed by atoms with Crippen molar-refractivity contribution in [2.75, 3.05) is 10.6 Å². The number of carbonyl (C=O) groups is 3. The van der Waals surface area contributed by atoms with Crippen molar-refractivity contribution >= 4 is 29.1 Å². The molecule has 0 heterocycles. The van der Waals surface area contributed by atoms with Gasteiger partial charge in [-0.25, -0.2) is 0 Å². The summed E-state index contributed by atoms with van der Waals surface area (Å²) in [6.45, 7) is 0. The third-order valence-electron chi connectivity index (χ3n) is 5.04. The molecule has 0 aliphatic heterocycles. The first-order chi connectivity index (χ1) is 16.1.